The van der Waals surface area contributed by atoms with Crippen molar-refractivity contribution in [3.05, 3.63) is 30.1 Å². The number of carbonyl (C=O) groups is 1. The van der Waals surface area contributed by atoms with Crippen molar-refractivity contribution in [3.8, 4) is 0 Å². The number of halogens is 1. The number of likely N-dealkylation sites (tertiary alicyclic amines) is 1. The minimum absolute atomic E-state index is 0.119. The molecule has 1 saturated heterocycles. The topological polar surface area (TPSA) is 60.9 Å². The van der Waals surface area contributed by atoms with Gasteiger partial charge in [-0.2, -0.15) is 12.7 Å². The molecule has 1 aromatic rings. The summed E-state index contributed by atoms with van der Waals surface area (Å²) in [5.74, 6) is -0.984. The number of hydrogen-bond acceptors (Lipinski definition) is 3. The minimum Gasteiger partial charge on any atom is -0.341 e. The molecular weight excluding hydrogens is 321 g/mol. The average Bonchev–Trinajstić information content (AvgIpc) is 2.53. The molecule has 1 aliphatic rings. The Morgan fingerprint density at radius 2 is 1.78 bits per heavy atom. The van der Waals surface area contributed by atoms with Crippen LogP contribution in [0.2, 0.25) is 0 Å². The van der Waals surface area contributed by atoms with Gasteiger partial charge in [-0.05, 0) is 31.4 Å². The first-order valence-corrected chi connectivity index (χ1v) is 8.96. The van der Waals surface area contributed by atoms with Crippen molar-refractivity contribution in [1.29, 1.82) is 0 Å². The molecule has 0 saturated carbocycles. The molecule has 0 radical (unpaired) electrons. The highest BCUT2D eigenvalue weighted by molar-refractivity contribution is 7.90. The number of anilines is 1. The van der Waals surface area contributed by atoms with Crippen LogP contribution in [0.25, 0.3) is 0 Å². The van der Waals surface area contributed by atoms with E-state index in [0.29, 0.717) is 13.1 Å². The lowest BCUT2D eigenvalue weighted by Gasteiger charge is -2.31. The van der Waals surface area contributed by atoms with Crippen molar-refractivity contribution < 1.29 is 17.6 Å². The van der Waals surface area contributed by atoms with E-state index in [4.69, 9.17) is 0 Å². The van der Waals surface area contributed by atoms with Gasteiger partial charge in [0.25, 0.3) is 0 Å². The molecule has 1 amide bonds. The molecule has 2 rings (SSSR count). The quantitative estimate of drug-likeness (QED) is 0.813. The fourth-order valence-corrected chi connectivity index (χ4v) is 3.57. The molecule has 128 valence electrons. The number of nitrogens with zero attached hydrogens (tertiary/aromatic N) is 3. The Hall–Kier alpha value is -1.67. The van der Waals surface area contributed by atoms with Crippen molar-refractivity contribution in [2.75, 3.05) is 38.0 Å². The Kier molecular flexibility index (Phi) is 5.59. The lowest BCUT2D eigenvalue weighted by Crippen LogP contribution is -2.48. The van der Waals surface area contributed by atoms with Gasteiger partial charge in [-0.25, -0.2) is 8.70 Å². The normalized spacial score (nSPS) is 15.7. The number of hydrogen-bond donors (Lipinski definition) is 0. The van der Waals surface area contributed by atoms with Gasteiger partial charge in [0, 0.05) is 27.2 Å². The van der Waals surface area contributed by atoms with Crippen molar-refractivity contribution in [2.45, 2.75) is 19.3 Å². The first-order chi connectivity index (χ1) is 10.8. The van der Waals surface area contributed by atoms with Gasteiger partial charge >= 0.3 is 10.2 Å². The first-order valence-electron chi connectivity index (χ1n) is 7.56. The number of carbonyl (C=O) groups excluding carboxylic acids is 1. The number of benzene rings is 1. The molecule has 1 fully saturated rings. The zero-order chi connectivity index (χ0) is 17.0. The van der Waals surface area contributed by atoms with E-state index >= 15 is 0 Å². The van der Waals surface area contributed by atoms with E-state index in [2.05, 4.69) is 0 Å². The summed E-state index contributed by atoms with van der Waals surface area (Å²) in [6.07, 6.45) is 2.88. The Morgan fingerprint density at radius 1 is 1.17 bits per heavy atom. The van der Waals surface area contributed by atoms with Crippen LogP contribution in [0.4, 0.5) is 10.1 Å². The molecule has 0 unspecified atom stereocenters. The standard InChI is InChI=1S/C15H22FN3O3S/c1-17(2)23(21,22)19(14-9-5-4-8-13(14)16)12-15(20)18-10-6-3-7-11-18/h4-5,8-9H,3,6-7,10-12H2,1-2H3. The number of para-hydroxylation sites is 1. The molecule has 0 aliphatic carbocycles. The fourth-order valence-electron chi connectivity index (χ4n) is 2.51. The summed E-state index contributed by atoms with van der Waals surface area (Å²) in [5.41, 5.74) is -0.119. The van der Waals surface area contributed by atoms with Gasteiger partial charge in [-0.3, -0.25) is 4.79 Å². The summed E-state index contributed by atoms with van der Waals surface area (Å²) in [6, 6.07) is 5.56. The van der Waals surface area contributed by atoms with Gasteiger partial charge in [-0.15, -0.1) is 0 Å². The zero-order valence-electron chi connectivity index (χ0n) is 13.4. The molecule has 1 aliphatic heterocycles. The monoisotopic (exact) mass is 343 g/mol. The second-order valence-corrected chi connectivity index (χ2v) is 7.76. The molecule has 23 heavy (non-hydrogen) atoms. The summed E-state index contributed by atoms with van der Waals surface area (Å²) in [6.45, 7) is 0.833. The summed E-state index contributed by atoms with van der Waals surface area (Å²) < 4.78 is 40.9. The zero-order valence-corrected chi connectivity index (χ0v) is 14.2. The Bertz CT molecular complexity index is 658. The summed E-state index contributed by atoms with van der Waals surface area (Å²) in [7, 11) is -1.26. The van der Waals surface area contributed by atoms with Gasteiger partial charge < -0.3 is 4.90 Å². The Morgan fingerprint density at radius 3 is 2.35 bits per heavy atom. The smallest absolute Gasteiger partial charge is 0.304 e. The molecule has 1 aromatic carbocycles. The van der Waals surface area contributed by atoms with Crippen LogP contribution in [0.1, 0.15) is 19.3 Å². The lowest BCUT2D eigenvalue weighted by atomic mass is 10.1. The molecule has 0 spiro atoms. The average molecular weight is 343 g/mol. The third-order valence-electron chi connectivity index (χ3n) is 3.85. The van der Waals surface area contributed by atoms with Crippen LogP contribution in [0.3, 0.4) is 0 Å². The second kappa shape index (κ2) is 7.27. The Labute approximate surface area is 136 Å². The summed E-state index contributed by atoms with van der Waals surface area (Å²) >= 11 is 0. The molecule has 8 heteroatoms. The first kappa shape index (κ1) is 17.7. The SMILES string of the molecule is CN(C)S(=O)(=O)N(CC(=O)N1CCCCC1)c1ccccc1F. The van der Waals surface area contributed by atoms with E-state index in [9.17, 15) is 17.6 Å². The van der Waals surface area contributed by atoms with Crippen LogP contribution in [0, 0.1) is 5.82 Å². The maximum Gasteiger partial charge on any atom is 0.304 e. The van der Waals surface area contributed by atoms with E-state index in [1.165, 1.54) is 32.3 Å². The van der Waals surface area contributed by atoms with E-state index in [-0.39, 0.29) is 11.6 Å². The molecule has 0 bridgehead atoms. The lowest BCUT2D eigenvalue weighted by molar-refractivity contribution is -0.130. The maximum atomic E-state index is 14.1. The van der Waals surface area contributed by atoms with Crippen molar-refractivity contribution in [2.24, 2.45) is 0 Å². The fraction of sp³-hybridized carbons (Fsp3) is 0.533. The van der Waals surface area contributed by atoms with Crippen LogP contribution in [-0.4, -0.2) is 57.3 Å². The molecule has 0 atom stereocenters. The highest BCUT2D eigenvalue weighted by atomic mass is 32.2. The van der Waals surface area contributed by atoms with Gasteiger partial charge in [0.05, 0.1) is 5.69 Å². The predicted molar refractivity (Wildman–Crippen MR) is 86.8 cm³/mol. The van der Waals surface area contributed by atoms with Crippen LogP contribution in [-0.2, 0) is 15.0 Å². The number of rotatable bonds is 5. The minimum atomic E-state index is -3.97. The molecule has 0 aromatic heterocycles. The van der Waals surface area contributed by atoms with Crippen LogP contribution >= 0.6 is 0 Å². The van der Waals surface area contributed by atoms with Gasteiger partial charge in [0.2, 0.25) is 5.91 Å². The highest BCUT2D eigenvalue weighted by Crippen LogP contribution is 2.23. The van der Waals surface area contributed by atoms with E-state index < -0.39 is 22.6 Å². The maximum absolute atomic E-state index is 14.1. The highest BCUT2D eigenvalue weighted by Gasteiger charge is 2.31. The molecule has 1 heterocycles. The largest absolute Gasteiger partial charge is 0.341 e. The third-order valence-corrected chi connectivity index (χ3v) is 5.65. The Balaban J connectivity index is 2.31. The molecule has 6 nitrogen and oxygen atoms in total. The van der Waals surface area contributed by atoms with E-state index in [1.54, 1.807) is 11.0 Å². The predicted octanol–water partition coefficient (Wildman–Crippen LogP) is 1.45. The molecule has 0 N–H and O–H groups in total. The van der Waals surface area contributed by atoms with E-state index in [0.717, 1.165) is 27.9 Å². The van der Waals surface area contributed by atoms with Gasteiger partial charge in [0.1, 0.15) is 12.4 Å². The number of amides is 1. The van der Waals surface area contributed by atoms with Crippen LogP contribution in [0.15, 0.2) is 24.3 Å². The third kappa shape index (κ3) is 4.00. The summed E-state index contributed by atoms with van der Waals surface area (Å²) in [5, 5.41) is 0. The second-order valence-electron chi connectivity index (χ2n) is 5.69. The van der Waals surface area contributed by atoms with Crippen LogP contribution in [0.5, 0.6) is 0 Å². The summed E-state index contributed by atoms with van der Waals surface area (Å²) in [4.78, 5) is 14.1. The van der Waals surface area contributed by atoms with Crippen LogP contribution < -0.4 is 4.31 Å². The number of piperidine rings is 1. The van der Waals surface area contributed by atoms with Crippen molar-refractivity contribution in [1.82, 2.24) is 9.21 Å². The van der Waals surface area contributed by atoms with Crippen molar-refractivity contribution >= 4 is 21.8 Å². The van der Waals surface area contributed by atoms with Gasteiger partial charge in [0.15, 0.2) is 0 Å². The molecular formula is C15H22FN3O3S. The van der Waals surface area contributed by atoms with Gasteiger partial charge in [-0.1, -0.05) is 12.1 Å². The van der Waals surface area contributed by atoms with E-state index in [1.807, 2.05) is 0 Å². The van der Waals surface area contributed by atoms with Crippen molar-refractivity contribution in [3.63, 3.8) is 0 Å².